The molecule has 1 aromatic carbocycles. The standard InChI is InChI=1S/C14H19N3O4S.ClH/c1-10-7-13(17(18)19)14(8-11(10)2)22(20,21)16-9-12-3-5-15-6-4-12;/h3,7-8,15-16H,4-6,9H2,1-2H3;1H. The molecular formula is C14H20ClN3O4S. The number of aryl methyl sites for hydroxylation is 2. The number of halogens is 1. The first-order chi connectivity index (χ1) is 10.3. The molecule has 1 heterocycles. The van der Waals surface area contributed by atoms with Gasteiger partial charge in [0.15, 0.2) is 4.90 Å². The predicted octanol–water partition coefficient (Wildman–Crippen LogP) is 1.83. The summed E-state index contributed by atoms with van der Waals surface area (Å²) in [7, 11) is -3.93. The highest BCUT2D eigenvalue weighted by Crippen LogP contribution is 2.27. The van der Waals surface area contributed by atoms with E-state index in [1.165, 1.54) is 12.1 Å². The fourth-order valence-corrected chi connectivity index (χ4v) is 3.50. The molecule has 0 radical (unpaired) electrons. The molecule has 0 spiro atoms. The number of benzene rings is 1. The zero-order chi connectivity index (χ0) is 16.3. The molecule has 2 N–H and O–H groups in total. The van der Waals surface area contributed by atoms with E-state index in [2.05, 4.69) is 10.0 Å². The molecule has 2 rings (SSSR count). The average molecular weight is 362 g/mol. The zero-order valence-corrected chi connectivity index (χ0v) is 14.6. The van der Waals surface area contributed by atoms with Gasteiger partial charge in [-0.05, 0) is 44.0 Å². The molecule has 1 aliphatic rings. The minimum absolute atomic E-state index is 0. The molecule has 0 amide bonds. The Morgan fingerprint density at radius 1 is 1.30 bits per heavy atom. The first-order valence-electron chi connectivity index (χ1n) is 6.95. The van der Waals surface area contributed by atoms with E-state index >= 15 is 0 Å². The Bertz CT molecular complexity index is 732. The van der Waals surface area contributed by atoms with Gasteiger partial charge in [-0.2, -0.15) is 0 Å². The highest BCUT2D eigenvalue weighted by molar-refractivity contribution is 7.89. The molecule has 1 aromatic rings. The van der Waals surface area contributed by atoms with Gasteiger partial charge < -0.3 is 5.32 Å². The number of nitro benzene ring substituents is 1. The van der Waals surface area contributed by atoms with Crippen LogP contribution >= 0.6 is 12.4 Å². The maximum absolute atomic E-state index is 12.4. The maximum Gasteiger partial charge on any atom is 0.289 e. The Morgan fingerprint density at radius 2 is 1.96 bits per heavy atom. The van der Waals surface area contributed by atoms with Crippen molar-refractivity contribution in [2.45, 2.75) is 25.2 Å². The molecule has 0 bridgehead atoms. The highest BCUT2D eigenvalue weighted by Gasteiger charge is 2.26. The van der Waals surface area contributed by atoms with Crippen molar-refractivity contribution in [2.75, 3.05) is 19.6 Å². The van der Waals surface area contributed by atoms with Gasteiger partial charge >= 0.3 is 0 Å². The summed E-state index contributed by atoms with van der Waals surface area (Å²) in [6.07, 6.45) is 2.69. The van der Waals surface area contributed by atoms with E-state index in [1.54, 1.807) is 13.8 Å². The fourth-order valence-electron chi connectivity index (χ4n) is 2.23. The molecule has 23 heavy (non-hydrogen) atoms. The topological polar surface area (TPSA) is 101 Å². The molecule has 0 aromatic heterocycles. The lowest BCUT2D eigenvalue weighted by Gasteiger charge is -2.15. The van der Waals surface area contributed by atoms with Crippen LogP contribution in [-0.4, -0.2) is 33.0 Å². The lowest BCUT2D eigenvalue weighted by atomic mass is 10.1. The number of rotatable bonds is 5. The van der Waals surface area contributed by atoms with Crippen LogP contribution in [0.4, 0.5) is 5.69 Å². The number of hydrogen-bond acceptors (Lipinski definition) is 5. The van der Waals surface area contributed by atoms with Crippen LogP contribution in [-0.2, 0) is 10.0 Å². The summed E-state index contributed by atoms with van der Waals surface area (Å²) >= 11 is 0. The van der Waals surface area contributed by atoms with Crippen LogP contribution in [0.3, 0.4) is 0 Å². The molecule has 1 aliphatic heterocycles. The van der Waals surface area contributed by atoms with E-state index in [1.807, 2.05) is 6.08 Å². The average Bonchev–Trinajstić information content (AvgIpc) is 2.48. The summed E-state index contributed by atoms with van der Waals surface area (Å²) in [5.41, 5.74) is 1.97. The van der Waals surface area contributed by atoms with Crippen LogP contribution in [0.1, 0.15) is 17.5 Å². The number of nitro groups is 1. The first kappa shape index (κ1) is 19.6. The van der Waals surface area contributed by atoms with Crippen LogP contribution in [0.2, 0.25) is 0 Å². The summed E-state index contributed by atoms with van der Waals surface area (Å²) in [6, 6.07) is 2.65. The largest absolute Gasteiger partial charge is 0.313 e. The van der Waals surface area contributed by atoms with Gasteiger partial charge in [-0.15, -0.1) is 12.4 Å². The van der Waals surface area contributed by atoms with Crippen LogP contribution in [0.15, 0.2) is 28.7 Å². The van der Waals surface area contributed by atoms with Gasteiger partial charge in [-0.25, -0.2) is 13.1 Å². The Hall–Kier alpha value is -1.48. The van der Waals surface area contributed by atoms with E-state index in [0.29, 0.717) is 17.7 Å². The molecule has 9 heteroatoms. The second kappa shape index (κ2) is 7.87. The molecule has 0 aliphatic carbocycles. The number of nitrogens with zero attached hydrogens (tertiary/aromatic N) is 1. The van der Waals surface area contributed by atoms with Crippen molar-refractivity contribution in [3.63, 3.8) is 0 Å². The second-order valence-corrected chi connectivity index (χ2v) is 7.04. The number of sulfonamides is 1. The van der Waals surface area contributed by atoms with Crippen molar-refractivity contribution in [1.82, 2.24) is 10.0 Å². The first-order valence-corrected chi connectivity index (χ1v) is 8.43. The van der Waals surface area contributed by atoms with Gasteiger partial charge in [-0.3, -0.25) is 10.1 Å². The van der Waals surface area contributed by atoms with Gasteiger partial charge in [0.1, 0.15) is 0 Å². The molecule has 0 atom stereocenters. The van der Waals surface area contributed by atoms with Crippen LogP contribution in [0, 0.1) is 24.0 Å². The lowest BCUT2D eigenvalue weighted by molar-refractivity contribution is -0.387. The second-order valence-electron chi connectivity index (χ2n) is 5.30. The Balaban J connectivity index is 0.00000264. The predicted molar refractivity (Wildman–Crippen MR) is 90.6 cm³/mol. The van der Waals surface area contributed by atoms with Crippen molar-refractivity contribution in [2.24, 2.45) is 0 Å². The van der Waals surface area contributed by atoms with Crippen molar-refractivity contribution in [3.05, 3.63) is 45.0 Å². The number of hydrogen-bond donors (Lipinski definition) is 2. The van der Waals surface area contributed by atoms with E-state index in [0.717, 1.165) is 18.5 Å². The molecule has 0 fully saturated rings. The minimum atomic E-state index is -3.93. The highest BCUT2D eigenvalue weighted by atomic mass is 35.5. The third-order valence-corrected chi connectivity index (χ3v) is 5.14. The Morgan fingerprint density at radius 3 is 2.52 bits per heavy atom. The number of nitrogens with one attached hydrogen (secondary N) is 2. The summed E-state index contributed by atoms with van der Waals surface area (Å²) in [5, 5.41) is 14.3. The summed E-state index contributed by atoms with van der Waals surface area (Å²) < 4.78 is 27.3. The van der Waals surface area contributed by atoms with Crippen molar-refractivity contribution < 1.29 is 13.3 Å². The molecule has 128 valence electrons. The summed E-state index contributed by atoms with van der Waals surface area (Å²) in [5.74, 6) is 0. The van der Waals surface area contributed by atoms with Crippen LogP contribution in [0.25, 0.3) is 0 Å². The maximum atomic E-state index is 12.4. The Kier molecular flexibility index (Phi) is 6.69. The Labute approximate surface area is 141 Å². The van der Waals surface area contributed by atoms with Gasteiger partial charge in [0.2, 0.25) is 10.0 Å². The molecule has 0 unspecified atom stereocenters. The summed E-state index contributed by atoms with van der Waals surface area (Å²) in [6.45, 7) is 5.13. The van der Waals surface area contributed by atoms with Crippen molar-refractivity contribution in [1.29, 1.82) is 0 Å². The molecule has 7 nitrogen and oxygen atoms in total. The van der Waals surface area contributed by atoms with E-state index in [-0.39, 0.29) is 23.8 Å². The lowest BCUT2D eigenvalue weighted by Crippen LogP contribution is -2.30. The van der Waals surface area contributed by atoms with Crippen LogP contribution < -0.4 is 10.0 Å². The quantitative estimate of drug-likeness (QED) is 0.473. The normalized spacial score (nSPS) is 14.8. The van der Waals surface area contributed by atoms with Crippen molar-refractivity contribution in [3.8, 4) is 0 Å². The van der Waals surface area contributed by atoms with E-state index in [9.17, 15) is 18.5 Å². The minimum Gasteiger partial charge on any atom is -0.313 e. The van der Waals surface area contributed by atoms with E-state index in [4.69, 9.17) is 0 Å². The fraction of sp³-hybridized carbons (Fsp3) is 0.429. The molecule has 0 saturated heterocycles. The van der Waals surface area contributed by atoms with Gasteiger partial charge in [0.05, 0.1) is 4.92 Å². The third kappa shape index (κ3) is 4.74. The van der Waals surface area contributed by atoms with Gasteiger partial charge in [-0.1, -0.05) is 11.6 Å². The monoisotopic (exact) mass is 361 g/mol. The van der Waals surface area contributed by atoms with Crippen LogP contribution in [0.5, 0.6) is 0 Å². The third-order valence-electron chi connectivity index (χ3n) is 3.71. The van der Waals surface area contributed by atoms with Crippen molar-refractivity contribution >= 4 is 28.1 Å². The summed E-state index contributed by atoms with van der Waals surface area (Å²) in [4.78, 5) is 10.2. The smallest absolute Gasteiger partial charge is 0.289 e. The van der Waals surface area contributed by atoms with E-state index < -0.39 is 20.6 Å². The van der Waals surface area contributed by atoms with Gasteiger partial charge in [0.25, 0.3) is 5.69 Å². The molecule has 0 saturated carbocycles. The SMILES string of the molecule is Cc1cc([N+](=O)[O-])c(S(=O)(=O)NCC2=CCNCC2)cc1C.Cl. The zero-order valence-electron chi connectivity index (χ0n) is 13.0. The van der Waals surface area contributed by atoms with Gasteiger partial charge in [0, 0.05) is 19.2 Å². The molecular weight excluding hydrogens is 342 g/mol.